The van der Waals surface area contributed by atoms with Crippen LogP contribution >= 0.6 is 23.4 Å². The first-order valence-electron chi connectivity index (χ1n) is 7.01. The Morgan fingerprint density at radius 2 is 2.00 bits per heavy atom. The van der Waals surface area contributed by atoms with Gasteiger partial charge in [0.05, 0.1) is 22.4 Å². The lowest BCUT2D eigenvalue weighted by Gasteiger charge is -2.12. The third-order valence-electron chi connectivity index (χ3n) is 3.10. The minimum Gasteiger partial charge on any atom is -0.459 e. The smallest absolute Gasteiger partial charge is 0.358 e. The van der Waals surface area contributed by atoms with E-state index < -0.39 is 17.3 Å². The lowest BCUT2D eigenvalue weighted by atomic mass is 10.2. The molecule has 0 N–H and O–H groups in total. The monoisotopic (exact) mass is 369 g/mol. The van der Waals surface area contributed by atoms with E-state index in [9.17, 15) is 14.4 Å². The van der Waals surface area contributed by atoms with Crippen LogP contribution in [0, 0.1) is 0 Å². The molecule has 128 valence electrons. The molecular weight excluding hydrogens is 354 g/mol. The number of nitrogens with zero attached hydrogens (tertiary/aromatic N) is 3. The first-order valence-corrected chi connectivity index (χ1v) is 8.61. The molecule has 0 atom stereocenters. The van der Waals surface area contributed by atoms with Crippen molar-refractivity contribution in [3.63, 3.8) is 0 Å². The molecular formula is C15H16ClN3O4S. The highest BCUT2D eigenvalue weighted by Gasteiger charge is 2.17. The summed E-state index contributed by atoms with van der Waals surface area (Å²) in [7, 11) is 1.51. The maximum absolute atomic E-state index is 12.4. The fraction of sp³-hybridized carbons (Fsp3) is 0.333. The average molecular weight is 370 g/mol. The van der Waals surface area contributed by atoms with Crippen LogP contribution in [-0.2, 0) is 11.8 Å². The van der Waals surface area contributed by atoms with E-state index in [1.165, 1.54) is 41.6 Å². The van der Waals surface area contributed by atoms with Crippen LogP contribution in [0.25, 0.3) is 5.69 Å². The standard InChI is InChI=1S/C15H16ClN3O4S/c1-8(2)23-12(20)10-7-9(5-6-11(10)16)19-13(21)17-14(24-4)18(3)15(19)22/h5-8H,1-4H3. The van der Waals surface area contributed by atoms with Gasteiger partial charge in [-0.2, -0.15) is 4.98 Å². The van der Waals surface area contributed by atoms with Crippen molar-refractivity contribution in [1.82, 2.24) is 14.1 Å². The largest absolute Gasteiger partial charge is 0.459 e. The third-order valence-corrected chi connectivity index (χ3v) is 4.16. The minimum absolute atomic E-state index is 0.0748. The number of benzene rings is 1. The summed E-state index contributed by atoms with van der Waals surface area (Å²) in [5.74, 6) is -0.629. The lowest BCUT2D eigenvalue weighted by molar-refractivity contribution is 0.0378. The fourth-order valence-corrected chi connectivity index (χ4v) is 2.73. The van der Waals surface area contributed by atoms with Gasteiger partial charge in [0.25, 0.3) is 0 Å². The van der Waals surface area contributed by atoms with Crippen molar-refractivity contribution in [2.24, 2.45) is 7.05 Å². The van der Waals surface area contributed by atoms with E-state index >= 15 is 0 Å². The van der Waals surface area contributed by atoms with Crippen LogP contribution < -0.4 is 11.4 Å². The summed E-state index contributed by atoms with van der Waals surface area (Å²) in [4.78, 5) is 40.6. The lowest BCUT2D eigenvalue weighted by Crippen LogP contribution is -2.40. The maximum atomic E-state index is 12.4. The van der Waals surface area contributed by atoms with Gasteiger partial charge in [-0.1, -0.05) is 23.4 Å². The maximum Gasteiger partial charge on any atom is 0.358 e. The Hall–Kier alpha value is -2.06. The van der Waals surface area contributed by atoms with Gasteiger partial charge in [0.1, 0.15) is 0 Å². The van der Waals surface area contributed by atoms with Gasteiger partial charge in [0.15, 0.2) is 5.16 Å². The minimum atomic E-state index is -0.729. The number of thioether (sulfide) groups is 1. The molecule has 0 aliphatic rings. The van der Waals surface area contributed by atoms with Gasteiger partial charge in [-0.05, 0) is 38.3 Å². The van der Waals surface area contributed by atoms with Crippen LogP contribution in [0.1, 0.15) is 24.2 Å². The summed E-state index contributed by atoms with van der Waals surface area (Å²) in [6, 6.07) is 4.25. The summed E-state index contributed by atoms with van der Waals surface area (Å²) >= 11 is 7.22. The molecule has 0 radical (unpaired) electrons. The molecule has 0 aliphatic carbocycles. The molecule has 24 heavy (non-hydrogen) atoms. The van der Waals surface area contributed by atoms with Gasteiger partial charge < -0.3 is 4.74 Å². The molecule has 1 heterocycles. The topological polar surface area (TPSA) is 83.2 Å². The van der Waals surface area contributed by atoms with Crippen LogP contribution in [0.4, 0.5) is 0 Å². The van der Waals surface area contributed by atoms with Crippen molar-refractivity contribution >= 4 is 29.3 Å². The number of carbonyl (C=O) groups is 1. The number of halogens is 1. The Kier molecular flexibility index (Phi) is 5.51. The normalized spacial score (nSPS) is 10.9. The van der Waals surface area contributed by atoms with Crippen molar-refractivity contribution in [2.45, 2.75) is 25.1 Å². The highest BCUT2D eigenvalue weighted by Crippen LogP contribution is 2.20. The Bertz CT molecular complexity index is 905. The Labute approximate surface area is 147 Å². The number of aromatic nitrogens is 3. The molecule has 0 fully saturated rings. The van der Waals surface area contributed by atoms with Gasteiger partial charge in [0.2, 0.25) is 0 Å². The first kappa shape index (κ1) is 18.3. The Morgan fingerprint density at radius 1 is 1.33 bits per heavy atom. The SMILES string of the molecule is CSc1nc(=O)n(-c2ccc(Cl)c(C(=O)OC(C)C)c2)c(=O)n1C. The van der Waals surface area contributed by atoms with Crippen LogP contribution in [0.2, 0.25) is 5.02 Å². The van der Waals surface area contributed by atoms with Crippen molar-refractivity contribution in [2.75, 3.05) is 6.26 Å². The zero-order valence-corrected chi connectivity index (χ0v) is 15.1. The van der Waals surface area contributed by atoms with Gasteiger partial charge in [-0.3, -0.25) is 4.57 Å². The molecule has 0 saturated heterocycles. The Morgan fingerprint density at radius 3 is 2.58 bits per heavy atom. The van der Waals surface area contributed by atoms with E-state index in [1.807, 2.05) is 0 Å². The number of rotatable bonds is 4. The molecule has 0 spiro atoms. The zero-order valence-electron chi connectivity index (χ0n) is 13.6. The zero-order chi connectivity index (χ0) is 18.0. The van der Waals surface area contributed by atoms with Crippen molar-refractivity contribution in [1.29, 1.82) is 0 Å². The van der Waals surface area contributed by atoms with Crippen LogP contribution in [0.15, 0.2) is 32.9 Å². The highest BCUT2D eigenvalue weighted by atomic mass is 35.5. The molecule has 0 saturated carbocycles. The highest BCUT2D eigenvalue weighted by molar-refractivity contribution is 7.98. The first-order chi connectivity index (χ1) is 11.3. The molecule has 0 unspecified atom stereocenters. The van der Waals surface area contributed by atoms with Gasteiger partial charge >= 0.3 is 17.3 Å². The van der Waals surface area contributed by atoms with Gasteiger partial charge in [0, 0.05) is 7.05 Å². The van der Waals surface area contributed by atoms with Crippen LogP contribution in [-0.4, -0.2) is 32.4 Å². The quantitative estimate of drug-likeness (QED) is 0.604. The third kappa shape index (κ3) is 3.54. The van der Waals surface area contributed by atoms with Crippen LogP contribution in [0.3, 0.4) is 0 Å². The van der Waals surface area contributed by atoms with Gasteiger partial charge in [-0.25, -0.2) is 19.0 Å². The molecule has 0 aliphatic heterocycles. The van der Waals surface area contributed by atoms with E-state index in [0.717, 1.165) is 4.57 Å². The van der Waals surface area contributed by atoms with Crippen LogP contribution in [0.5, 0.6) is 0 Å². The fourth-order valence-electron chi connectivity index (χ4n) is 2.01. The number of hydrogen-bond donors (Lipinski definition) is 0. The summed E-state index contributed by atoms with van der Waals surface area (Å²) in [6.45, 7) is 3.42. The summed E-state index contributed by atoms with van der Waals surface area (Å²) in [5, 5.41) is 0.470. The average Bonchev–Trinajstić information content (AvgIpc) is 2.51. The molecule has 2 rings (SSSR count). The predicted octanol–water partition coefficient (Wildman–Crippen LogP) is 1.87. The molecule has 0 bridgehead atoms. The number of esters is 1. The second kappa shape index (κ2) is 7.23. The number of ether oxygens (including phenoxy) is 1. The van der Waals surface area contributed by atoms with E-state index in [0.29, 0.717) is 5.16 Å². The van der Waals surface area contributed by atoms with E-state index in [1.54, 1.807) is 20.1 Å². The summed E-state index contributed by atoms with van der Waals surface area (Å²) < 4.78 is 7.25. The molecule has 2 aromatic rings. The van der Waals surface area contributed by atoms with Crippen molar-refractivity contribution in [3.05, 3.63) is 49.8 Å². The predicted molar refractivity (Wildman–Crippen MR) is 92.4 cm³/mol. The van der Waals surface area contributed by atoms with Gasteiger partial charge in [-0.15, -0.1) is 0 Å². The number of hydrogen-bond acceptors (Lipinski definition) is 6. The van der Waals surface area contributed by atoms with Crippen molar-refractivity contribution in [3.8, 4) is 5.69 Å². The number of carbonyl (C=O) groups excluding carboxylic acids is 1. The second-order valence-corrected chi connectivity index (χ2v) is 6.36. The van der Waals surface area contributed by atoms with E-state index in [4.69, 9.17) is 16.3 Å². The van der Waals surface area contributed by atoms with Crippen molar-refractivity contribution < 1.29 is 9.53 Å². The molecule has 9 heteroatoms. The molecule has 7 nitrogen and oxygen atoms in total. The molecule has 0 amide bonds. The summed E-state index contributed by atoms with van der Waals surface area (Å²) in [6.07, 6.45) is 1.39. The molecule has 1 aromatic heterocycles. The second-order valence-electron chi connectivity index (χ2n) is 5.18. The Balaban J connectivity index is 2.63. The summed E-state index contributed by atoms with van der Waals surface area (Å²) in [5.41, 5.74) is -1.02. The molecule has 1 aromatic carbocycles. The van der Waals surface area contributed by atoms with E-state index in [-0.39, 0.29) is 22.4 Å². The van der Waals surface area contributed by atoms with E-state index in [2.05, 4.69) is 4.98 Å².